The molecule has 0 spiro atoms. The zero-order chi connectivity index (χ0) is 11.3. The summed E-state index contributed by atoms with van der Waals surface area (Å²) in [6.45, 7) is 1.83. The molecule has 1 aromatic carbocycles. The molecule has 0 bridgehead atoms. The molecule has 0 radical (unpaired) electrons. The van der Waals surface area contributed by atoms with Gasteiger partial charge in [0.25, 0.3) is 5.91 Å². The van der Waals surface area contributed by atoms with Crippen molar-refractivity contribution in [2.24, 2.45) is 0 Å². The number of anilines is 1. The normalized spacial score (nSPS) is 11.8. The van der Waals surface area contributed by atoms with Gasteiger partial charge in [0.05, 0.1) is 6.04 Å². The van der Waals surface area contributed by atoms with Gasteiger partial charge in [0, 0.05) is 11.3 Å². The summed E-state index contributed by atoms with van der Waals surface area (Å²) in [5.41, 5.74) is 6.54. The third-order valence-corrected chi connectivity index (χ3v) is 2.07. The Balaban J connectivity index is 2.72. The summed E-state index contributed by atoms with van der Waals surface area (Å²) in [4.78, 5) is 22.1. The Labute approximate surface area is 88.5 Å². The maximum atomic E-state index is 11.6. The van der Waals surface area contributed by atoms with Gasteiger partial charge in [-0.25, -0.2) is 0 Å². The maximum Gasteiger partial charge on any atom is 0.251 e. The molecule has 0 heterocycles. The summed E-state index contributed by atoms with van der Waals surface area (Å²) in [5.74, 6) is -0.277. The standard InChI is InChI=1S/C11H14N2O2/c1-2-10(7-14)13-11(15)8-4-3-5-9(12)6-8/h3-7,10H,2,12H2,1H3,(H,13,15). The van der Waals surface area contributed by atoms with Gasteiger partial charge in [0.1, 0.15) is 6.29 Å². The molecule has 0 aliphatic carbocycles. The van der Waals surface area contributed by atoms with E-state index >= 15 is 0 Å². The molecular formula is C11H14N2O2. The summed E-state index contributed by atoms with van der Waals surface area (Å²) in [6.07, 6.45) is 1.31. The molecule has 0 saturated carbocycles. The smallest absolute Gasteiger partial charge is 0.251 e. The van der Waals surface area contributed by atoms with E-state index in [0.29, 0.717) is 17.7 Å². The lowest BCUT2D eigenvalue weighted by Crippen LogP contribution is -2.35. The minimum Gasteiger partial charge on any atom is -0.399 e. The first-order valence-corrected chi connectivity index (χ1v) is 4.79. The number of nitrogens with one attached hydrogen (secondary N) is 1. The van der Waals surface area contributed by atoms with Gasteiger partial charge in [-0.3, -0.25) is 4.79 Å². The first kappa shape index (κ1) is 11.2. The number of carbonyl (C=O) groups excluding carboxylic acids is 2. The van der Waals surface area contributed by atoms with Crippen LogP contribution < -0.4 is 11.1 Å². The van der Waals surface area contributed by atoms with E-state index < -0.39 is 6.04 Å². The highest BCUT2D eigenvalue weighted by atomic mass is 16.2. The lowest BCUT2D eigenvalue weighted by molar-refractivity contribution is -0.109. The number of hydrogen-bond donors (Lipinski definition) is 2. The Kier molecular flexibility index (Phi) is 3.85. The minimum absolute atomic E-state index is 0.277. The van der Waals surface area contributed by atoms with Crippen LogP contribution in [0, 0.1) is 0 Å². The molecule has 1 unspecified atom stereocenters. The van der Waals surface area contributed by atoms with Crippen LogP contribution in [-0.4, -0.2) is 18.2 Å². The minimum atomic E-state index is -0.432. The first-order valence-electron chi connectivity index (χ1n) is 4.79. The van der Waals surface area contributed by atoms with Gasteiger partial charge in [-0.15, -0.1) is 0 Å². The zero-order valence-electron chi connectivity index (χ0n) is 8.57. The van der Waals surface area contributed by atoms with Crippen LogP contribution >= 0.6 is 0 Å². The van der Waals surface area contributed by atoms with E-state index in [2.05, 4.69) is 5.32 Å². The van der Waals surface area contributed by atoms with Crippen molar-refractivity contribution in [1.82, 2.24) is 5.32 Å². The van der Waals surface area contributed by atoms with Crippen LogP contribution in [0.2, 0.25) is 0 Å². The van der Waals surface area contributed by atoms with E-state index in [-0.39, 0.29) is 5.91 Å². The zero-order valence-corrected chi connectivity index (χ0v) is 8.57. The van der Waals surface area contributed by atoms with Crippen molar-refractivity contribution in [3.8, 4) is 0 Å². The van der Waals surface area contributed by atoms with Crippen LogP contribution in [-0.2, 0) is 4.79 Å². The van der Waals surface area contributed by atoms with Gasteiger partial charge in [-0.2, -0.15) is 0 Å². The fourth-order valence-corrected chi connectivity index (χ4v) is 1.16. The van der Waals surface area contributed by atoms with Crippen molar-refractivity contribution in [3.05, 3.63) is 29.8 Å². The largest absolute Gasteiger partial charge is 0.399 e. The van der Waals surface area contributed by atoms with Crippen molar-refractivity contribution < 1.29 is 9.59 Å². The Bertz CT molecular complexity index is 363. The van der Waals surface area contributed by atoms with Gasteiger partial charge >= 0.3 is 0 Å². The highest BCUT2D eigenvalue weighted by Crippen LogP contribution is 2.06. The van der Waals surface area contributed by atoms with Gasteiger partial charge in [0.2, 0.25) is 0 Å². The van der Waals surface area contributed by atoms with Crippen molar-refractivity contribution in [2.45, 2.75) is 19.4 Å². The van der Waals surface area contributed by atoms with Crippen LogP contribution in [0.15, 0.2) is 24.3 Å². The van der Waals surface area contributed by atoms with E-state index in [1.165, 1.54) is 0 Å². The molecule has 15 heavy (non-hydrogen) atoms. The highest BCUT2D eigenvalue weighted by molar-refractivity contribution is 5.96. The quantitative estimate of drug-likeness (QED) is 0.569. The Morgan fingerprint density at radius 1 is 1.60 bits per heavy atom. The molecule has 3 N–H and O–H groups in total. The predicted octanol–water partition coefficient (Wildman–Crippen LogP) is 0.976. The third-order valence-electron chi connectivity index (χ3n) is 2.07. The third kappa shape index (κ3) is 3.09. The van der Waals surface area contributed by atoms with Gasteiger partial charge in [-0.1, -0.05) is 13.0 Å². The Hall–Kier alpha value is -1.84. The second-order valence-electron chi connectivity index (χ2n) is 3.25. The number of rotatable bonds is 4. The van der Waals surface area contributed by atoms with Crippen molar-refractivity contribution in [2.75, 3.05) is 5.73 Å². The van der Waals surface area contributed by atoms with Crippen molar-refractivity contribution in [1.29, 1.82) is 0 Å². The maximum absolute atomic E-state index is 11.6. The number of carbonyl (C=O) groups is 2. The summed E-state index contributed by atoms with van der Waals surface area (Å²) < 4.78 is 0. The fourth-order valence-electron chi connectivity index (χ4n) is 1.16. The molecule has 4 nitrogen and oxygen atoms in total. The number of nitrogen functional groups attached to an aromatic ring is 1. The van der Waals surface area contributed by atoms with E-state index in [0.717, 1.165) is 6.29 Å². The van der Waals surface area contributed by atoms with Gasteiger partial charge in [0.15, 0.2) is 0 Å². The average molecular weight is 206 g/mol. The second-order valence-corrected chi connectivity index (χ2v) is 3.25. The second kappa shape index (κ2) is 5.14. The van der Waals surface area contributed by atoms with E-state index in [1.54, 1.807) is 24.3 Å². The molecule has 1 atom stereocenters. The topological polar surface area (TPSA) is 72.2 Å². The van der Waals surface area contributed by atoms with Gasteiger partial charge in [-0.05, 0) is 24.6 Å². The monoisotopic (exact) mass is 206 g/mol. The molecule has 0 fully saturated rings. The highest BCUT2D eigenvalue weighted by Gasteiger charge is 2.10. The number of benzene rings is 1. The number of hydrogen-bond acceptors (Lipinski definition) is 3. The van der Waals surface area contributed by atoms with Crippen LogP contribution in [0.4, 0.5) is 5.69 Å². The molecule has 1 aromatic rings. The molecule has 4 heteroatoms. The van der Waals surface area contributed by atoms with Crippen molar-refractivity contribution in [3.63, 3.8) is 0 Å². The Morgan fingerprint density at radius 3 is 2.87 bits per heavy atom. The molecule has 0 aliphatic heterocycles. The molecule has 0 aromatic heterocycles. The van der Waals surface area contributed by atoms with E-state index in [4.69, 9.17) is 5.73 Å². The van der Waals surface area contributed by atoms with Gasteiger partial charge < -0.3 is 15.8 Å². The molecule has 80 valence electrons. The summed E-state index contributed by atoms with van der Waals surface area (Å²) in [7, 11) is 0. The number of aldehydes is 1. The molecule has 1 amide bonds. The van der Waals surface area contributed by atoms with Crippen LogP contribution in [0.1, 0.15) is 23.7 Å². The first-order chi connectivity index (χ1) is 7.17. The summed E-state index contributed by atoms with van der Waals surface area (Å²) in [6, 6.07) is 6.20. The van der Waals surface area contributed by atoms with E-state index in [9.17, 15) is 9.59 Å². The summed E-state index contributed by atoms with van der Waals surface area (Å²) >= 11 is 0. The number of amides is 1. The molecule has 0 aliphatic rings. The number of nitrogens with two attached hydrogens (primary N) is 1. The SMILES string of the molecule is CCC(C=O)NC(=O)c1cccc(N)c1. The summed E-state index contributed by atoms with van der Waals surface area (Å²) in [5, 5.41) is 2.60. The molecule has 1 rings (SSSR count). The predicted molar refractivity (Wildman–Crippen MR) is 58.5 cm³/mol. The van der Waals surface area contributed by atoms with E-state index in [1.807, 2.05) is 6.92 Å². The van der Waals surface area contributed by atoms with Crippen LogP contribution in [0.5, 0.6) is 0 Å². The molecular weight excluding hydrogens is 192 g/mol. The van der Waals surface area contributed by atoms with Crippen molar-refractivity contribution >= 4 is 17.9 Å². The fraction of sp³-hybridized carbons (Fsp3) is 0.273. The lowest BCUT2D eigenvalue weighted by Gasteiger charge is -2.10. The lowest BCUT2D eigenvalue weighted by atomic mass is 10.1. The van der Waals surface area contributed by atoms with Crippen LogP contribution in [0.25, 0.3) is 0 Å². The average Bonchev–Trinajstić information content (AvgIpc) is 2.25. The van der Waals surface area contributed by atoms with Crippen LogP contribution in [0.3, 0.4) is 0 Å². The molecule has 0 saturated heterocycles. The Morgan fingerprint density at radius 2 is 2.33 bits per heavy atom.